The summed E-state index contributed by atoms with van der Waals surface area (Å²) in [6.07, 6.45) is 1.33. The van der Waals surface area contributed by atoms with Gasteiger partial charge in [0.15, 0.2) is 0 Å². The molecule has 190 valence electrons. The van der Waals surface area contributed by atoms with Crippen LogP contribution < -0.4 is 20.8 Å². The molecule has 0 fully saturated rings. The van der Waals surface area contributed by atoms with Crippen LogP contribution in [-0.4, -0.2) is 29.9 Å². The van der Waals surface area contributed by atoms with Gasteiger partial charge >= 0.3 is 17.8 Å². The molecule has 0 radical (unpaired) electrons. The summed E-state index contributed by atoms with van der Waals surface area (Å²) in [7, 11) is 0. The zero-order valence-corrected chi connectivity index (χ0v) is 21.0. The molecule has 3 aromatic carbocycles. The molecule has 3 N–H and O–H groups in total. The van der Waals surface area contributed by atoms with Gasteiger partial charge in [0.2, 0.25) is 0 Å². The predicted octanol–water partition coefficient (Wildman–Crippen LogP) is 4.62. The van der Waals surface area contributed by atoms with Crippen molar-refractivity contribution in [3.05, 3.63) is 112 Å². The first-order valence-electron chi connectivity index (χ1n) is 11.4. The van der Waals surface area contributed by atoms with Crippen molar-refractivity contribution < 1.29 is 23.9 Å². The third-order valence-electron chi connectivity index (χ3n) is 5.13. The molecule has 0 saturated heterocycles. The number of para-hydroxylation sites is 1. The van der Waals surface area contributed by atoms with Crippen molar-refractivity contribution in [1.82, 2.24) is 5.43 Å². The van der Waals surface area contributed by atoms with Gasteiger partial charge in [0.05, 0.1) is 17.5 Å². The lowest BCUT2D eigenvalue weighted by atomic mass is 10.1. The Balaban J connectivity index is 1.31. The van der Waals surface area contributed by atoms with Crippen LogP contribution in [0.5, 0.6) is 5.75 Å². The van der Waals surface area contributed by atoms with Crippen molar-refractivity contribution in [2.24, 2.45) is 5.10 Å². The van der Waals surface area contributed by atoms with E-state index in [2.05, 4.69) is 21.2 Å². The largest absolute Gasteiger partial charge is 0.422 e. The van der Waals surface area contributed by atoms with Crippen LogP contribution in [0.15, 0.2) is 95.4 Å². The Kier molecular flexibility index (Phi) is 8.37. The van der Waals surface area contributed by atoms with Crippen LogP contribution in [0.2, 0.25) is 0 Å². The van der Waals surface area contributed by atoms with E-state index in [1.54, 1.807) is 66.0 Å². The molecule has 1 aromatic heterocycles. The fourth-order valence-electron chi connectivity index (χ4n) is 3.19. The van der Waals surface area contributed by atoms with Crippen LogP contribution in [0.3, 0.4) is 0 Å². The number of benzene rings is 3. The number of nitrogens with zero attached hydrogens (tertiary/aromatic N) is 1. The van der Waals surface area contributed by atoms with Gasteiger partial charge in [-0.25, -0.2) is 10.2 Å². The summed E-state index contributed by atoms with van der Waals surface area (Å²) in [6, 6.07) is 23.5. The molecule has 0 aliphatic heterocycles. The molecule has 3 amide bonds. The number of aryl methyl sites for hydroxylation is 1. The Morgan fingerprint density at radius 1 is 0.816 bits per heavy atom. The summed E-state index contributed by atoms with van der Waals surface area (Å²) >= 11 is 1.28. The number of esters is 1. The van der Waals surface area contributed by atoms with Crippen LogP contribution in [0.4, 0.5) is 11.4 Å². The first kappa shape index (κ1) is 26.0. The average molecular weight is 527 g/mol. The van der Waals surface area contributed by atoms with Gasteiger partial charge in [-0.3, -0.25) is 14.4 Å². The highest BCUT2D eigenvalue weighted by Crippen LogP contribution is 2.18. The van der Waals surface area contributed by atoms with Gasteiger partial charge in [-0.05, 0) is 72.5 Å². The lowest BCUT2D eigenvalue weighted by Gasteiger charge is -2.11. The fraction of sp³-hybridized carbons (Fsp3) is 0.0357. The Labute approximate surface area is 222 Å². The molecule has 38 heavy (non-hydrogen) atoms. The van der Waals surface area contributed by atoms with Gasteiger partial charge in [-0.15, -0.1) is 11.3 Å². The second kappa shape index (κ2) is 12.2. The molecule has 4 aromatic rings. The predicted molar refractivity (Wildman–Crippen MR) is 146 cm³/mol. The number of anilines is 2. The Hall–Kier alpha value is -5.09. The smallest absolute Gasteiger partial charge is 0.353 e. The number of nitrogens with one attached hydrogen (secondary N) is 3. The van der Waals surface area contributed by atoms with Crippen molar-refractivity contribution in [2.75, 3.05) is 10.6 Å². The van der Waals surface area contributed by atoms with Gasteiger partial charge in [0.25, 0.3) is 5.91 Å². The number of hydrogen-bond acceptors (Lipinski definition) is 7. The monoisotopic (exact) mass is 526 g/mol. The van der Waals surface area contributed by atoms with Crippen molar-refractivity contribution in [2.45, 2.75) is 6.92 Å². The van der Waals surface area contributed by atoms with E-state index >= 15 is 0 Å². The molecular formula is C28H22N4O5S. The fourth-order valence-corrected chi connectivity index (χ4v) is 3.79. The van der Waals surface area contributed by atoms with Crippen LogP contribution in [0.1, 0.15) is 31.2 Å². The van der Waals surface area contributed by atoms with Crippen molar-refractivity contribution in [1.29, 1.82) is 0 Å². The third-order valence-corrected chi connectivity index (χ3v) is 5.98. The molecule has 10 heteroatoms. The van der Waals surface area contributed by atoms with Crippen molar-refractivity contribution in [3.8, 4) is 5.75 Å². The summed E-state index contributed by atoms with van der Waals surface area (Å²) in [6.45, 7) is 1.94. The molecule has 4 rings (SSSR count). The molecule has 0 unspecified atom stereocenters. The van der Waals surface area contributed by atoms with E-state index in [-0.39, 0.29) is 11.3 Å². The summed E-state index contributed by atoms with van der Waals surface area (Å²) in [5.41, 5.74) is 4.76. The Morgan fingerprint density at radius 3 is 2.26 bits per heavy atom. The highest BCUT2D eigenvalue weighted by molar-refractivity contribution is 7.12. The molecule has 0 atom stereocenters. The first-order chi connectivity index (χ1) is 18.4. The Morgan fingerprint density at radius 2 is 1.55 bits per heavy atom. The molecule has 0 bridgehead atoms. The summed E-state index contributed by atoms with van der Waals surface area (Å²) in [4.78, 5) is 49.9. The van der Waals surface area contributed by atoms with Crippen molar-refractivity contribution in [3.63, 3.8) is 0 Å². The molecule has 0 aliphatic carbocycles. The maximum atomic E-state index is 12.7. The number of ether oxygens (including phenoxy) is 1. The number of amides is 3. The second-order valence-electron chi connectivity index (χ2n) is 7.95. The maximum Gasteiger partial charge on any atom is 0.353 e. The lowest BCUT2D eigenvalue weighted by Crippen LogP contribution is -2.33. The third kappa shape index (κ3) is 6.99. The van der Waals surface area contributed by atoms with Crippen molar-refractivity contribution >= 4 is 52.6 Å². The number of carbonyl (C=O) groups excluding carboxylic acids is 4. The molecule has 0 saturated carbocycles. The lowest BCUT2D eigenvalue weighted by molar-refractivity contribution is -0.136. The first-order valence-corrected chi connectivity index (χ1v) is 12.2. The van der Waals surface area contributed by atoms with E-state index in [0.717, 1.165) is 5.56 Å². The number of hydrogen-bond donors (Lipinski definition) is 3. The van der Waals surface area contributed by atoms with E-state index in [1.165, 1.54) is 29.7 Å². The van der Waals surface area contributed by atoms with Crippen LogP contribution in [0.25, 0.3) is 0 Å². The topological polar surface area (TPSA) is 126 Å². The quantitative estimate of drug-likeness (QED) is 0.107. The number of thiophene rings is 1. The molecular weight excluding hydrogens is 504 g/mol. The van der Waals surface area contributed by atoms with Crippen LogP contribution in [-0.2, 0) is 9.59 Å². The molecule has 9 nitrogen and oxygen atoms in total. The van der Waals surface area contributed by atoms with E-state index < -0.39 is 23.7 Å². The minimum atomic E-state index is -1.02. The molecule has 0 spiro atoms. The van der Waals surface area contributed by atoms with Crippen LogP contribution in [0, 0.1) is 6.92 Å². The van der Waals surface area contributed by atoms with E-state index in [0.29, 0.717) is 21.9 Å². The molecule has 1 heterocycles. The average Bonchev–Trinajstić information content (AvgIpc) is 3.47. The van der Waals surface area contributed by atoms with Gasteiger partial charge < -0.3 is 15.4 Å². The minimum Gasteiger partial charge on any atom is -0.422 e. The highest BCUT2D eigenvalue weighted by Gasteiger charge is 2.18. The summed E-state index contributed by atoms with van der Waals surface area (Å²) < 4.78 is 5.28. The standard InChI is InChI=1S/C28H22N4O5S/c1-18-8-12-20(13-9-18)30-25(33)22-5-2-3-6-23(22)31-26(34)27(35)32-29-17-19-10-14-21(15-11-19)37-28(36)24-7-4-16-38-24/h2-17H,1H3,(H,30,33)(H,31,34)(H,32,35). The highest BCUT2D eigenvalue weighted by atomic mass is 32.1. The van der Waals surface area contributed by atoms with Gasteiger partial charge in [-0.1, -0.05) is 35.9 Å². The summed E-state index contributed by atoms with van der Waals surface area (Å²) in [5, 5.41) is 10.8. The SMILES string of the molecule is Cc1ccc(NC(=O)c2ccccc2NC(=O)C(=O)NN=Cc2ccc(OC(=O)c3cccs3)cc2)cc1. The number of rotatable bonds is 7. The number of carbonyl (C=O) groups is 4. The van der Waals surface area contributed by atoms with Gasteiger partial charge in [-0.2, -0.15) is 5.10 Å². The van der Waals surface area contributed by atoms with Gasteiger partial charge in [0, 0.05) is 5.69 Å². The zero-order valence-electron chi connectivity index (χ0n) is 20.1. The minimum absolute atomic E-state index is 0.175. The van der Waals surface area contributed by atoms with E-state index in [4.69, 9.17) is 4.74 Å². The zero-order chi connectivity index (χ0) is 26.9. The normalized spacial score (nSPS) is 10.6. The summed E-state index contributed by atoms with van der Waals surface area (Å²) in [5.74, 6) is -2.54. The maximum absolute atomic E-state index is 12.7. The van der Waals surface area contributed by atoms with Crippen LogP contribution >= 0.6 is 11.3 Å². The second-order valence-corrected chi connectivity index (χ2v) is 8.90. The number of hydrazone groups is 1. The van der Waals surface area contributed by atoms with E-state index in [9.17, 15) is 19.2 Å². The van der Waals surface area contributed by atoms with Gasteiger partial charge in [0.1, 0.15) is 10.6 Å². The van der Waals surface area contributed by atoms with E-state index in [1.807, 2.05) is 19.1 Å². The Bertz CT molecular complexity index is 1480. The molecule has 0 aliphatic rings.